The van der Waals surface area contributed by atoms with Crippen LogP contribution in [0.15, 0.2) is 18.2 Å². The Morgan fingerprint density at radius 3 is 2.65 bits per heavy atom. The molecule has 1 nitrogen and oxygen atoms in total. The van der Waals surface area contributed by atoms with Crippen LogP contribution >= 0.6 is 0 Å². The third kappa shape index (κ3) is 3.03. The monoisotopic (exact) mass is 239 g/mol. The Balaban J connectivity index is 1.94. The lowest BCUT2D eigenvalue weighted by Gasteiger charge is -2.15. The van der Waals surface area contributed by atoms with Gasteiger partial charge in [-0.3, -0.25) is 0 Å². The second kappa shape index (κ2) is 5.58. The maximum Gasteiger partial charge on any atom is 0.163 e. The number of halogens is 2. The highest BCUT2D eigenvalue weighted by atomic mass is 19.2. The molecule has 0 spiro atoms. The molecule has 1 aliphatic rings. The van der Waals surface area contributed by atoms with Gasteiger partial charge < -0.3 is 5.73 Å². The predicted molar refractivity (Wildman–Crippen MR) is 64.5 cm³/mol. The van der Waals surface area contributed by atoms with Gasteiger partial charge in [0, 0.05) is 11.6 Å². The molecule has 0 saturated heterocycles. The lowest BCUT2D eigenvalue weighted by molar-refractivity contribution is 0.437. The van der Waals surface area contributed by atoms with Gasteiger partial charge in [0.2, 0.25) is 0 Å². The lowest BCUT2D eigenvalue weighted by atomic mass is 9.95. The Kier molecular flexibility index (Phi) is 4.11. The highest BCUT2D eigenvalue weighted by Gasteiger charge is 2.19. The molecule has 0 bridgehead atoms. The van der Waals surface area contributed by atoms with Crippen molar-refractivity contribution < 1.29 is 8.78 Å². The topological polar surface area (TPSA) is 26.0 Å². The summed E-state index contributed by atoms with van der Waals surface area (Å²) in [6.45, 7) is 0. The molecule has 94 valence electrons. The van der Waals surface area contributed by atoms with Crippen molar-refractivity contribution in [2.75, 3.05) is 0 Å². The summed E-state index contributed by atoms with van der Waals surface area (Å²) in [5.41, 5.74) is 6.24. The molecule has 2 rings (SSSR count). The summed E-state index contributed by atoms with van der Waals surface area (Å²) in [6, 6.07) is 3.84. The van der Waals surface area contributed by atoms with Crippen LogP contribution in [0.1, 0.15) is 50.1 Å². The fraction of sp³-hybridized carbons (Fsp3) is 0.571. The van der Waals surface area contributed by atoms with Gasteiger partial charge in [-0.15, -0.1) is 0 Å². The summed E-state index contributed by atoms with van der Waals surface area (Å²) >= 11 is 0. The average molecular weight is 239 g/mol. The fourth-order valence-corrected chi connectivity index (χ4v) is 2.68. The van der Waals surface area contributed by atoms with Crippen molar-refractivity contribution in [3.05, 3.63) is 35.4 Å². The first-order chi connectivity index (χ1) is 8.18. The number of benzene rings is 1. The molecule has 1 aromatic rings. The van der Waals surface area contributed by atoms with Crippen LogP contribution in [0, 0.1) is 17.6 Å². The van der Waals surface area contributed by atoms with E-state index in [0.29, 0.717) is 5.56 Å². The molecule has 1 fully saturated rings. The Labute approximate surface area is 101 Å². The predicted octanol–water partition coefficient (Wildman–Crippen LogP) is 3.94. The van der Waals surface area contributed by atoms with E-state index in [0.717, 1.165) is 24.8 Å². The molecule has 0 aliphatic heterocycles. The van der Waals surface area contributed by atoms with Crippen LogP contribution in [0.3, 0.4) is 0 Å². The van der Waals surface area contributed by atoms with E-state index in [1.54, 1.807) is 6.07 Å². The Morgan fingerprint density at radius 1 is 1.24 bits per heavy atom. The Bertz CT molecular complexity index is 372. The standard InChI is InChI=1S/C14H19F2N/c15-12-7-3-6-11(14(12)16)13(17)9-8-10-4-1-2-5-10/h3,6-7,10,13H,1-2,4-5,8-9,17H2. The lowest BCUT2D eigenvalue weighted by Crippen LogP contribution is -2.14. The minimum atomic E-state index is -0.807. The van der Waals surface area contributed by atoms with Gasteiger partial charge in [-0.1, -0.05) is 37.8 Å². The molecule has 2 N–H and O–H groups in total. The number of hydrogen-bond acceptors (Lipinski definition) is 1. The summed E-state index contributed by atoms with van der Waals surface area (Å²) in [5.74, 6) is -0.858. The van der Waals surface area contributed by atoms with Crippen molar-refractivity contribution >= 4 is 0 Å². The Hall–Kier alpha value is -0.960. The summed E-state index contributed by atoms with van der Waals surface area (Å²) < 4.78 is 26.5. The van der Waals surface area contributed by atoms with Crippen LogP contribution in [-0.4, -0.2) is 0 Å². The summed E-state index contributed by atoms with van der Waals surface area (Å²) in [4.78, 5) is 0. The van der Waals surface area contributed by atoms with E-state index in [-0.39, 0.29) is 6.04 Å². The number of nitrogens with two attached hydrogens (primary N) is 1. The van der Waals surface area contributed by atoms with Crippen molar-refractivity contribution in [1.82, 2.24) is 0 Å². The number of rotatable bonds is 4. The van der Waals surface area contributed by atoms with Crippen LogP contribution in [0.2, 0.25) is 0 Å². The van der Waals surface area contributed by atoms with Crippen LogP contribution in [0.25, 0.3) is 0 Å². The molecule has 3 heteroatoms. The summed E-state index contributed by atoms with van der Waals surface area (Å²) in [7, 11) is 0. The second-order valence-electron chi connectivity index (χ2n) is 4.98. The normalized spacial score (nSPS) is 18.5. The molecule has 0 heterocycles. The summed E-state index contributed by atoms with van der Waals surface area (Å²) in [6.07, 6.45) is 6.89. The third-order valence-electron chi connectivity index (χ3n) is 3.74. The van der Waals surface area contributed by atoms with E-state index in [1.165, 1.54) is 31.7 Å². The maximum absolute atomic E-state index is 13.5. The number of hydrogen-bond donors (Lipinski definition) is 1. The molecular weight excluding hydrogens is 220 g/mol. The maximum atomic E-state index is 13.5. The smallest absolute Gasteiger partial charge is 0.163 e. The SMILES string of the molecule is NC(CCC1CCCC1)c1cccc(F)c1F. The molecule has 1 atom stereocenters. The first-order valence-electron chi connectivity index (χ1n) is 6.38. The molecule has 1 saturated carbocycles. The molecule has 1 aromatic carbocycles. The second-order valence-corrected chi connectivity index (χ2v) is 4.98. The van der Waals surface area contributed by atoms with E-state index >= 15 is 0 Å². The Morgan fingerprint density at radius 2 is 1.94 bits per heavy atom. The minimum absolute atomic E-state index is 0.308. The zero-order chi connectivity index (χ0) is 12.3. The van der Waals surface area contributed by atoms with E-state index in [2.05, 4.69) is 0 Å². The van der Waals surface area contributed by atoms with Crippen LogP contribution in [0.4, 0.5) is 8.78 Å². The van der Waals surface area contributed by atoms with Crippen molar-refractivity contribution in [2.24, 2.45) is 11.7 Å². The van der Waals surface area contributed by atoms with Gasteiger partial charge in [0.25, 0.3) is 0 Å². The van der Waals surface area contributed by atoms with Gasteiger partial charge in [-0.05, 0) is 24.8 Å². The van der Waals surface area contributed by atoms with Crippen LogP contribution in [0.5, 0.6) is 0 Å². The molecule has 0 aromatic heterocycles. The van der Waals surface area contributed by atoms with Crippen molar-refractivity contribution in [3.63, 3.8) is 0 Å². The average Bonchev–Trinajstić information content (AvgIpc) is 2.82. The largest absolute Gasteiger partial charge is 0.324 e. The third-order valence-corrected chi connectivity index (χ3v) is 3.74. The fourth-order valence-electron chi connectivity index (χ4n) is 2.68. The first-order valence-corrected chi connectivity index (χ1v) is 6.38. The van der Waals surface area contributed by atoms with Gasteiger partial charge in [0.05, 0.1) is 0 Å². The van der Waals surface area contributed by atoms with Crippen molar-refractivity contribution in [1.29, 1.82) is 0 Å². The van der Waals surface area contributed by atoms with Crippen molar-refractivity contribution in [3.8, 4) is 0 Å². The van der Waals surface area contributed by atoms with Crippen molar-refractivity contribution in [2.45, 2.75) is 44.6 Å². The van der Waals surface area contributed by atoms with Gasteiger partial charge in [-0.25, -0.2) is 8.78 Å². The summed E-state index contributed by atoms with van der Waals surface area (Å²) in [5, 5.41) is 0. The molecule has 0 amide bonds. The molecular formula is C14H19F2N. The zero-order valence-electron chi connectivity index (χ0n) is 9.96. The molecule has 0 radical (unpaired) electrons. The van der Waals surface area contributed by atoms with Gasteiger partial charge in [0.15, 0.2) is 11.6 Å². The molecule has 1 aliphatic carbocycles. The minimum Gasteiger partial charge on any atom is -0.324 e. The van der Waals surface area contributed by atoms with Gasteiger partial charge in [-0.2, -0.15) is 0 Å². The van der Waals surface area contributed by atoms with E-state index in [1.807, 2.05) is 0 Å². The van der Waals surface area contributed by atoms with Crippen LogP contribution < -0.4 is 5.73 Å². The van der Waals surface area contributed by atoms with E-state index in [4.69, 9.17) is 5.73 Å². The highest BCUT2D eigenvalue weighted by molar-refractivity contribution is 5.22. The van der Waals surface area contributed by atoms with E-state index in [9.17, 15) is 8.78 Å². The molecule has 17 heavy (non-hydrogen) atoms. The van der Waals surface area contributed by atoms with E-state index < -0.39 is 11.6 Å². The van der Waals surface area contributed by atoms with Gasteiger partial charge >= 0.3 is 0 Å². The molecule has 1 unspecified atom stereocenters. The van der Waals surface area contributed by atoms with Crippen LogP contribution in [-0.2, 0) is 0 Å². The van der Waals surface area contributed by atoms with Gasteiger partial charge in [0.1, 0.15) is 0 Å². The highest BCUT2D eigenvalue weighted by Crippen LogP contribution is 2.31. The zero-order valence-corrected chi connectivity index (χ0v) is 9.96. The quantitative estimate of drug-likeness (QED) is 0.846. The first kappa shape index (κ1) is 12.5.